The van der Waals surface area contributed by atoms with Crippen molar-refractivity contribution in [3.8, 4) is 17.2 Å². The van der Waals surface area contributed by atoms with Crippen LogP contribution in [0.1, 0.15) is 39.4 Å². The summed E-state index contributed by atoms with van der Waals surface area (Å²) in [5.74, 6) is -5.34. The van der Waals surface area contributed by atoms with E-state index in [0.717, 1.165) is 12.1 Å². The van der Waals surface area contributed by atoms with Crippen LogP contribution in [0, 0.1) is 17.5 Å². The number of allylic oxidation sites excluding steroid dienone is 1. The average Bonchev–Trinajstić information content (AvgIpc) is 3.12. The number of carbonyl (C=O) groups excluding carboxylic acids is 2. The van der Waals surface area contributed by atoms with Crippen LogP contribution >= 0.6 is 0 Å². The van der Waals surface area contributed by atoms with Crippen LogP contribution in [-0.2, 0) is 4.79 Å². The minimum Gasteiger partial charge on any atom is -0.497 e. The predicted octanol–water partition coefficient (Wildman–Crippen LogP) is 5.17. The quantitative estimate of drug-likeness (QED) is 0.238. The first-order valence-electron chi connectivity index (χ1n) is 9.96. The highest BCUT2D eigenvalue weighted by atomic mass is 19.2. The SMILES string of the molecule is COc1ccc(/C=C2/Oc3c(ccc4c3C(c3cc(F)c(F)c(F)c3)CC(=O)O4)C2=O)cc1. The zero-order valence-electron chi connectivity index (χ0n) is 17.2. The van der Waals surface area contributed by atoms with E-state index in [2.05, 4.69) is 0 Å². The Bertz CT molecular complexity index is 1320. The molecule has 33 heavy (non-hydrogen) atoms. The molecule has 0 spiro atoms. The molecule has 8 heteroatoms. The zero-order chi connectivity index (χ0) is 23.3. The zero-order valence-corrected chi connectivity index (χ0v) is 17.2. The number of ether oxygens (including phenoxy) is 3. The van der Waals surface area contributed by atoms with Crippen LogP contribution in [0.25, 0.3) is 6.08 Å². The summed E-state index contributed by atoms with van der Waals surface area (Å²) in [6.45, 7) is 0. The molecule has 2 heterocycles. The second-order valence-corrected chi connectivity index (χ2v) is 7.60. The maximum absolute atomic E-state index is 13.9. The Balaban J connectivity index is 1.60. The molecule has 2 aliphatic rings. The van der Waals surface area contributed by atoms with Crippen LogP contribution in [-0.4, -0.2) is 18.9 Å². The largest absolute Gasteiger partial charge is 0.497 e. The van der Waals surface area contributed by atoms with E-state index >= 15 is 0 Å². The van der Waals surface area contributed by atoms with Gasteiger partial charge in [-0.05, 0) is 53.6 Å². The minimum atomic E-state index is -1.60. The number of ketones is 1. The van der Waals surface area contributed by atoms with E-state index in [9.17, 15) is 22.8 Å². The van der Waals surface area contributed by atoms with Crippen molar-refractivity contribution in [1.29, 1.82) is 0 Å². The standard InChI is InChI=1S/C25H15F3O5/c1-31-14-4-2-12(3-5-14)8-20-24(30)15-6-7-19-22(25(15)33-20)16(11-21(29)32-19)13-9-17(26)23(28)18(27)10-13/h2-10,16H,11H2,1H3/b20-8+. The average molecular weight is 452 g/mol. The molecule has 3 aromatic carbocycles. The Hall–Kier alpha value is -4.07. The van der Waals surface area contributed by atoms with Gasteiger partial charge in [0.05, 0.1) is 19.1 Å². The van der Waals surface area contributed by atoms with E-state index in [-0.39, 0.29) is 34.8 Å². The lowest BCUT2D eigenvalue weighted by Crippen LogP contribution is -2.22. The number of Topliss-reactive ketones (excluding diaryl/α,β-unsaturated/α-hetero) is 1. The van der Waals surface area contributed by atoms with E-state index < -0.39 is 35.1 Å². The number of fused-ring (bicyclic) bond motifs is 3. The van der Waals surface area contributed by atoms with Crippen LogP contribution in [0.15, 0.2) is 54.3 Å². The van der Waals surface area contributed by atoms with Crippen molar-refractivity contribution >= 4 is 17.8 Å². The molecule has 2 aliphatic heterocycles. The Morgan fingerprint density at radius 2 is 1.67 bits per heavy atom. The molecule has 0 radical (unpaired) electrons. The van der Waals surface area contributed by atoms with Gasteiger partial charge in [-0.25, -0.2) is 13.2 Å². The summed E-state index contributed by atoms with van der Waals surface area (Å²) in [7, 11) is 1.54. The number of carbonyl (C=O) groups is 2. The normalized spacial score (nSPS) is 17.9. The summed E-state index contributed by atoms with van der Waals surface area (Å²) in [5.41, 5.74) is 1.23. The van der Waals surface area contributed by atoms with E-state index in [4.69, 9.17) is 14.2 Å². The Morgan fingerprint density at radius 1 is 0.970 bits per heavy atom. The summed E-state index contributed by atoms with van der Waals surface area (Å²) in [4.78, 5) is 25.1. The molecule has 3 aromatic rings. The number of methoxy groups -OCH3 is 1. The lowest BCUT2D eigenvalue weighted by molar-refractivity contribution is -0.135. The third kappa shape index (κ3) is 3.53. The van der Waals surface area contributed by atoms with Crippen molar-refractivity contribution in [2.75, 3.05) is 7.11 Å². The number of halogens is 3. The van der Waals surface area contributed by atoms with Crippen molar-refractivity contribution in [1.82, 2.24) is 0 Å². The van der Waals surface area contributed by atoms with E-state index in [1.165, 1.54) is 12.1 Å². The van der Waals surface area contributed by atoms with Gasteiger partial charge >= 0.3 is 5.97 Å². The third-order valence-electron chi connectivity index (χ3n) is 5.60. The van der Waals surface area contributed by atoms with Crippen molar-refractivity contribution < 1.29 is 37.0 Å². The maximum Gasteiger partial charge on any atom is 0.312 e. The molecule has 0 saturated heterocycles. The summed E-state index contributed by atoms with van der Waals surface area (Å²) in [6.07, 6.45) is 1.29. The van der Waals surface area contributed by atoms with Crippen molar-refractivity contribution in [3.63, 3.8) is 0 Å². The Kier molecular flexibility index (Phi) is 4.92. The lowest BCUT2D eigenvalue weighted by Gasteiger charge is -2.26. The Morgan fingerprint density at radius 3 is 2.33 bits per heavy atom. The van der Waals surface area contributed by atoms with Gasteiger partial charge in [0.25, 0.3) is 0 Å². The van der Waals surface area contributed by atoms with E-state index in [1.54, 1.807) is 37.5 Å². The minimum absolute atomic E-state index is 0.0290. The number of rotatable bonds is 3. The van der Waals surface area contributed by atoms with Gasteiger partial charge in [0.15, 0.2) is 23.2 Å². The topological polar surface area (TPSA) is 61.8 Å². The van der Waals surface area contributed by atoms with Crippen LogP contribution in [0.2, 0.25) is 0 Å². The Labute approximate surface area is 186 Å². The summed E-state index contributed by atoms with van der Waals surface area (Å²) >= 11 is 0. The number of benzene rings is 3. The fourth-order valence-corrected chi connectivity index (χ4v) is 4.02. The molecule has 0 aliphatic carbocycles. The molecule has 5 rings (SSSR count). The molecule has 0 saturated carbocycles. The maximum atomic E-state index is 13.9. The number of esters is 1. The molecule has 0 amide bonds. The first-order valence-corrected chi connectivity index (χ1v) is 9.96. The molecular weight excluding hydrogens is 437 g/mol. The molecular formula is C25H15F3O5. The molecule has 1 unspecified atom stereocenters. The molecule has 5 nitrogen and oxygen atoms in total. The van der Waals surface area contributed by atoms with Gasteiger partial charge in [-0.2, -0.15) is 0 Å². The highest BCUT2D eigenvalue weighted by Crippen LogP contribution is 2.49. The van der Waals surface area contributed by atoms with E-state index in [1.807, 2.05) is 0 Å². The second kappa shape index (κ2) is 7.81. The molecule has 0 aromatic heterocycles. The summed E-state index contributed by atoms with van der Waals surface area (Å²) in [5, 5.41) is 0. The number of hydrogen-bond acceptors (Lipinski definition) is 5. The van der Waals surface area contributed by atoms with Gasteiger partial charge in [-0.1, -0.05) is 12.1 Å². The molecule has 1 atom stereocenters. The fourth-order valence-electron chi connectivity index (χ4n) is 4.02. The molecule has 0 bridgehead atoms. The summed E-state index contributed by atoms with van der Waals surface area (Å²) in [6, 6.07) is 11.5. The van der Waals surface area contributed by atoms with Crippen molar-refractivity contribution in [2.45, 2.75) is 12.3 Å². The molecule has 0 N–H and O–H groups in total. The van der Waals surface area contributed by atoms with Gasteiger partial charge in [-0.3, -0.25) is 9.59 Å². The van der Waals surface area contributed by atoms with Crippen LogP contribution in [0.4, 0.5) is 13.2 Å². The molecule has 0 fully saturated rings. The smallest absolute Gasteiger partial charge is 0.312 e. The lowest BCUT2D eigenvalue weighted by atomic mass is 9.84. The second-order valence-electron chi connectivity index (χ2n) is 7.60. The van der Waals surface area contributed by atoms with E-state index in [0.29, 0.717) is 16.9 Å². The van der Waals surface area contributed by atoms with Crippen molar-refractivity contribution in [2.24, 2.45) is 0 Å². The van der Waals surface area contributed by atoms with Gasteiger partial charge in [0.2, 0.25) is 5.78 Å². The monoisotopic (exact) mass is 452 g/mol. The van der Waals surface area contributed by atoms with Crippen LogP contribution in [0.3, 0.4) is 0 Å². The highest BCUT2D eigenvalue weighted by Gasteiger charge is 2.39. The predicted molar refractivity (Wildman–Crippen MR) is 111 cm³/mol. The number of hydrogen-bond donors (Lipinski definition) is 0. The van der Waals surface area contributed by atoms with Crippen molar-refractivity contribution in [3.05, 3.63) is 94.0 Å². The first kappa shape index (κ1) is 20.8. The molecule has 166 valence electrons. The van der Waals surface area contributed by atoms with Crippen LogP contribution < -0.4 is 14.2 Å². The fraction of sp³-hybridized carbons (Fsp3) is 0.120. The van der Waals surface area contributed by atoms with Gasteiger partial charge < -0.3 is 14.2 Å². The highest BCUT2D eigenvalue weighted by molar-refractivity contribution is 6.15. The van der Waals surface area contributed by atoms with Crippen LogP contribution in [0.5, 0.6) is 17.2 Å². The van der Waals surface area contributed by atoms with Gasteiger partial charge in [0.1, 0.15) is 17.2 Å². The third-order valence-corrected chi connectivity index (χ3v) is 5.60. The summed E-state index contributed by atoms with van der Waals surface area (Å²) < 4.78 is 57.6. The van der Waals surface area contributed by atoms with Gasteiger partial charge in [-0.15, -0.1) is 0 Å². The van der Waals surface area contributed by atoms with Gasteiger partial charge in [0, 0.05) is 11.5 Å². The first-order chi connectivity index (χ1) is 15.9.